The van der Waals surface area contributed by atoms with E-state index >= 15 is 0 Å². The van der Waals surface area contributed by atoms with Crippen LogP contribution in [0.4, 0.5) is 13.2 Å². The minimum atomic E-state index is -4.63. The van der Waals surface area contributed by atoms with Crippen molar-refractivity contribution in [1.82, 2.24) is 0 Å². The minimum Gasteiger partial charge on any atom is -0.496 e. The Morgan fingerprint density at radius 1 is 1.00 bits per heavy atom. The number of alkyl halides is 3. The fourth-order valence-corrected chi connectivity index (χ4v) is 2.00. The van der Waals surface area contributed by atoms with Gasteiger partial charge in [-0.1, -0.05) is 42.5 Å². The second kappa shape index (κ2) is 6.47. The third-order valence-corrected chi connectivity index (χ3v) is 3.04. The van der Waals surface area contributed by atoms with Gasteiger partial charge in [0.1, 0.15) is 5.75 Å². The second-order valence-electron chi connectivity index (χ2n) is 4.49. The summed E-state index contributed by atoms with van der Waals surface area (Å²) in [6.45, 7) is 0. The number of benzene rings is 2. The van der Waals surface area contributed by atoms with Crippen molar-refractivity contribution in [3.8, 4) is 5.75 Å². The summed E-state index contributed by atoms with van der Waals surface area (Å²) in [5.41, 5.74) is -0.954. The molecule has 2 nitrogen and oxygen atoms in total. The van der Waals surface area contributed by atoms with Crippen LogP contribution in [0.25, 0.3) is 5.57 Å². The predicted octanol–water partition coefficient (Wildman–Crippen LogP) is 4.52. The normalized spacial score (nSPS) is 12.1. The second-order valence-corrected chi connectivity index (χ2v) is 4.49. The number of allylic oxidation sites excluding steroid dienone is 2. The van der Waals surface area contributed by atoms with Gasteiger partial charge in [-0.2, -0.15) is 13.2 Å². The molecule has 114 valence electrons. The van der Waals surface area contributed by atoms with Crippen LogP contribution in [0.1, 0.15) is 15.9 Å². The van der Waals surface area contributed by atoms with Crippen LogP contribution >= 0.6 is 0 Å². The molecule has 0 amide bonds. The van der Waals surface area contributed by atoms with Gasteiger partial charge in [0, 0.05) is 0 Å². The Morgan fingerprint density at radius 3 is 2.18 bits per heavy atom. The number of carbonyl (C=O) groups excluding carboxylic acids is 1. The Bertz CT molecular complexity index is 689. The largest absolute Gasteiger partial charge is 0.496 e. The zero-order valence-corrected chi connectivity index (χ0v) is 11.7. The molecule has 0 unspecified atom stereocenters. The zero-order valence-electron chi connectivity index (χ0n) is 11.7. The van der Waals surface area contributed by atoms with E-state index in [0.29, 0.717) is 6.08 Å². The quantitative estimate of drug-likeness (QED) is 0.613. The highest BCUT2D eigenvalue weighted by molar-refractivity contribution is 6.10. The molecule has 0 N–H and O–H groups in total. The van der Waals surface area contributed by atoms with Gasteiger partial charge in [0.15, 0.2) is 5.78 Å². The van der Waals surface area contributed by atoms with Gasteiger partial charge in [-0.25, -0.2) is 0 Å². The zero-order chi connectivity index (χ0) is 16.2. The molecular weight excluding hydrogens is 293 g/mol. The Morgan fingerprint density at radius 2 is 1.59 bits per heavy atom. The molecule has 22 heavy (non-hydrogen) atoms. The van der Waals surface area contributed by atoms with E-state index in [-0.39, 0.29) is 16.9 Å². The first-order valence-corrected chi connectivity index (χ1v) is 6.45. The van der Waals surface area contributed by atoms with Crippen LogP contribution in [0, 0.1) is 0 Å². The maximum atomic E-state index is 13.2. The Hall–Kier alpha value is -2.56. The van der Waals surface area contributed by atoms with Gasteiger partial charge < -0.3 is 4.74 Å². The molecule has 2 aromatic carbocycles. The molecule has 0 saturated heterocycles. The average Bonchev–Trinajstić information content (AvgIpc) is 2.52. The molecule has 0 spiro atoms. The smallest absolute Gasteiger partial charge is 0.417 e. The molecule has 2 aromatic rings. The molecule has 0 fully saturated rings. The van der Waals surface area contributed by atoms with E-state index in [0.717, 1.165) is 0 Å². The molecule has 0 aliphatic heterocycles. The number of methoxy groups -OCH3 is 1. The first kappa shape index (κ1) is 15.8. The van der Waals surface area contributed by atoms with Gasteiger partial charge in [-0.15, -0.1) is 0 Å². The van der Waals surface area contributed by atoms with Crippen molar-refractivity contribution in [1.29, 1.82) is 0 Å². The van der Waals surface area contributed by atoms with Crippen molar-refractivity contribution in [3.63, 3.8) is 0 Å². The van der Waals surface area contributed by atoms with Crippen LogP contribution in [0.2, 0.25) is 0 Å². The van der Waals surface area contributed by atoms with Crippen molar-refractivity contribution in [3.05, 3.63) is 71.8 Å². The van der Waals surface area contributed by atoms with Gasteiger partial charge >= 0.3 is 6.18 Å². The van der Waals surface area contributed by atoms with Crippen LogP contribution in [0.3, 0.4) is 0 Å². The molecule has 0 atom stereocenters. The summed E-state index contributed by atoms with van der Waals surface area (Å²) in [5, 5.41) is 0. The molecule has 5 heteroatoms. The van der Waals surface area contributed by atoms with E-state index in [1.807, 2.05) is 0 Å². The first-order valence-electron chi connectivity index (χ1n) is 6.45. The van der Waals surface area contributed by atoms with E-state index in [2.05, 4.69) is 0 Å². The lowest BCUT2D eigenvalue weighted by molar-refractivity contribution is -0.0689. The number of hydrogen-bond acceptors (Lipinski definition) is 2. The third-order valence-electron chi connectivity index (χ3n) is 3.04. The Balaban J connectivity index is 2.48. The number of hydrogen-bond donors (Lipinski definition) is 0. The molecule has 0 aliphatic carbocycles. The van der Waals surface area contributed by atoms with Crippen molar-refractivity contribution < 1.29 is 22.7 Å². The summed E-state index contributed by atoms with van der Waals surface area (Å²) >= 11 is 0. The number of ketones is 1. The van der Waals surface area contributed by atoms with E-state index in [1.165, 1.54) is 43.5 Å². The molecule has 0 radical (unpaired) electrons. The summed E-state index contributed by atoms with van der Waals surface area (Å²) in [4.78, 5) is 12.2. The maximum Gasteiger partial charge on any atom is 0.417 e. The lowest BCUT2D eigenvalue weighted by Gasteiger charge is -2.12. The lowest BCUT2D eigenvalue weighted by atomic mass is 10.0. The SMILES string of the molecule is COc1ccccc1C(=O)/C=C(\c1ccccc1)C(F)(F)F. The number of ether oxygens (including phenoxy) is 1. The number of halogens is 3. The van der Waals surface area contributed by atoms with Crippen LogP contribution in [0.5, 0.6) is 5.75 Å². The molecule has 0 heterocycles. The van der Waals surface area contributed by atoms with Crippen LogP contribution in [-0.2, 0) is 0 Å². The molecule has 0 aliphatic rings. The van der Waals surface area contributed by atoms with E-state index in [1.54, 1.807) is 18.2 Å². The van der Waals surface area contributed by atoms with Gasteiger partial charge in [0.2, 0.25) is 0 Å². The number of carbonyl (C=O) groups is 1. The van der Waals surface area contributed by atoms with E-state index in [4.69, 9.17) is 4.74 Å². The average molecular weight is 306 g/mol. The fraction of sp³-hybridized carbons (Fsp3) is 0.118. The molecular formula is C17H13F3O2. The molecule has 0 saturated carbocycles. The van der Waals surface area contributed by atoms with Crippen LogP contribution < -0.4 is 4.74 Å². The van der Waals surface area contributed by atoms with Crippen LogP contribution in [0.15, 0.2) is 60.7 Å². The number of para-hydroxylation sites is 1. The summed E-state index contributed by atoms with van der Waals surface area (Å²) in [6.07, 6.45) is -4.02. The van der Waals surface area contributed by atoms with Crippen LogP contribution in [-0.4, -0.2) is 19.1 Å². The van der Waals surface area contributed by atoms with Crippen molar-refractivity contribution in [2.24, 2.45) is 0 Å². The minimum absolute atomic E-state index is 0.0572. The highest BCUT2D eigenvalue weighted by Gasteiger charge is 2.35. The van der Waals surface area contributed by atoms with Crippen molar-refractivity contribution in [2.75, 3.05) is 7.11 Å². The fourth-order valence-electron chi connectivity index (χ4n) is 2.00. The first-order chi connectivity index (χ1) is 10.4. The van der Waals surface area contributed by atoms with Gasteiger partial charge in [0.25, 0.3) is 0 Å². The van der Waals surface area contributed by atoms with E-state index in [9.17, 15) is 18.0 Å². The monoisotopic (exact) mass is 306 g/mol. The highest BCUT2D eigenvalue weighted by atomic mass is 19.4. The standard InChI is InChI=1S/C17H13F3O2/c1-22-16-10-6-5-9-13(16)15(21)11-14(17(18,19)20)12-7-3-2-4-8-12/h2-11H,1H3/b14-11+. The maximum absolute atomic E-state index is 13.2. The summed E-state index contributed by atoms with van der Waals surface area (Å²) < 4.78 is 44.6. The van der Waals surface area contributed by atoms with Gasteiger partial charge in [-0.3, -0.25) is 4.79 Å². The summed E-state index contributed by atoms with van der Waals surface area (Å²) in [5.74, 6) is -0.521. The Labute approximate surface area is 125 Å². The predicted molar refractivity (Wildman–Crippen MR) is 77.8 cm³/mol. The lowest BCUT2D eigenvalue weighted by Crippen LogP contribution is -2.13. The van der Waals surface area contributed by atoms with Gasteiger partial charge in [-0.05, 0) is 23.8 Å². The Kier molecular flexibility index (Phi) is 4.65. The third kappa shape index (κ3) is 3.55. The van der Waals surface area contributed by atoms with Crippen molar-refractivity contribution in [2.45, 2.75) is 6.18 Å². The summed E-state index contributed by atoms with van der Waals surface area (Å²) in [6, 6.07) is 13.4. The van der Waals surface area contributed by atoms with Gasteiger partial charge in [0.05, 0.1) is 18.2 Å². The number of rotatable bonds is 4. The summed E-state index contributed by atoms with van der Waals surface area (Å²) in [7, 11) is 1.36. The van der Waals surface area contributed by atoms with E-state index < -0.39 is 17.5 Å². The molecule has 0 bridgehead atoms. The molecule has 0 aromatic heterocycles. The van der Waals surface area contributed by atoms with Crippen molar-refractivity contribution >= 4 is 11.4 Å². The highest BCUT2D eigenvalue weighted by Crippen LogP contribution is 2.34. The molecule has 2 rings (SSSR count). The topological polar surface area (TPSA) is 26.3 Å².